The first-order valence-corrected chi connectivity index (χ1v) is 6.03. The van der Waals surface area contributed by atoms with Crippen LogP contribution in [0.1, 0.15) is 19.4 Å². The van der Waals surface area contributed by atoms with E-state index in [1.165, 1.54) is 0 Å². The third-order valence-corrected chi connectivity index (χ3v) is 2.52. The number of carbonyl (C=O) groups is 2. The Balaban J connectivity index is 1.88. The molecule has 1 aromatic carbocycles. The number of hydrogen-bond acceptors (Lipinski definition) is 4. The second-order valence-corrected chi connectivity index (χ2v) is 4.50. The molecule has 0 saturated heterocycles. The maximum atomic E-state index is 11.5. The van der Waals surface area contributed by atoms with Crippen LogP contribution in [0.5, 0.6) is 11.5 Å². The van der Waals surface area contributed by atoms with E-state index in [1.54, 1.807) is 26.0 Å². The Morgan fingerprint density at radius 1 is 1.21 bits per heavy atom. The van der Waals surface area contributed by atoms with Gasteiger partial charge in [0.25, 0.3) is 0 Å². The maximum Gasteiger partial charge on any atom is 0.309 e. The molecule has 1 heterocycles. The molecular weight excluding hydrogens is 248 g/mol. The SMILES string of the molecule is CC(C)NC(=O)C(=O)NCc1ccc2c(c1)OCO2. The maximum absolute atomic E-state index is 11.5. The second-order valence-electron chi connectivity index (χ2n) is 4.50. The van der Waals surface area contributed by atoms with E-state index >= 15 is 0 Å². The molecule has 1 aromatic rings. The Morgan fingerprint density at radius 2 is 1.95 bits per heavy atom. The van der Waals surface area contributed by atoms with Crippen molar-refractivity contribution in [1.29, 1.82) is 0 Å². The van der Waals surface area contributed by atoms with E-state index in [-0.39, 0.29) is 19.4 Å². The minimum absolute atomic E-state index is 0.0659. The van der Waals surface area contributed by atoms with E-state index in [4.69, 9.17) is 9.47 Å². The highest BCUT2D eigenvalue weighted by Crippen LogP contribution is 2.32. The van der Waals surface area contributed by atoms with Crippen molar-refractivity contribution in [3.05, 3.63) is 23.8 Å². The van der Waals surface area contributed by atoms with Crippen LogP contribution >= 0.6 is 0 Å². The molecule has 0 radical (unpaired) electrons. The lowest BCUT2D eigenvalue weighted by Crippen LogP contribution is -2.42. The van der Waals surface area contributed by atoms with Gasteiger partial charge in [0, 0.05) is 12.6 Å². The highest BCUT2D eigenvalue weighted by Gasteiger charge is 2.16. The minimum atomic E-state index is -0.647. The Kier molecular flexibility index (Phi) is 3.89. The van der Waals surface area contributed by atoms with Crippen molar-refractivity contribution in [1.82, 2.24) is 10.6 Å². The lowest BCUT2D eigenvalue weighted by atomic mass is 10.2. The highest BCUT2D eigenvalue weighted by atomic mass is 16.7. The first-order valence-electron chi connectivity index (χ1n) is 6.03. The number of benzene rings is 1. The molecule has 0 aliphatic carbocycles. The fourth-order valence-electron chi connectivity index (χ4n) is 1.64. The molecule has 1 aliphatic rings. The van der Waals surface area contributed by atoms with Crippen molar-refractivity contribution >= 4 is 11.8 Å². The standard InChI is InChI=1S/C13H16N2O4/c1-8(2)15-13(17)12(16)14-6-9-3-4-10-11(5-9)19-7-18-10/h3-5,8H,6-7H2,1-2H3,(H,14,16)(H,15,17). The largest absolute Gasteiger partial charge is 0.454 e. The molecule has 6 nitrogen and oxygen atoms in total. The summed E-state index contributed by atoms with van der Waals surface area (Å²) in [6.45, 7) is 4.06. The van der Waals surface area contributed by atoms with Gasteiger partial charge in [-0.3, -0.25) is 9.59 Å². The number of fused-ring (bicyclic) bond motifs is 1. The van der Waals surface area contributed by atoms with Crippen LogP contribution in [0.25, 0.3) is 0 Å². The number of nitrogens with one attached hydrogen (secondary N) is 2. The predicted molar refractivity (Wildman–Crippen MR) is 67.7 cm³/mol. The topological polar surface area (TPSA) is 76.7 Å². The molecular formula is C13H16N2O4. The Labute approximate surface area is 111 Å². The quantitative estimate of drug-likeness (QED) is 0.782. The third-order valence-electron chi connectivity index (χ3n) is 2.52. The summed E-state index contributed by atoms with van der Waals surface area (Å²) < 4.78 is 10.4. The summed E-state index contributed by atoms with van der Waals surface area (Å²) >= 11 is 0. The van der Waals surface area contributed by atoms with Gasteiger partial charge in [-0.25, -0.2) is 0 Å². The molecule has 0 fully saturated rings. The minimum Gasteiger partial charge on any atom is -0.454 e. The van der Waals surface area contributed by atoms with E-state index in [0.29, 0.717) is 11.5 Å². The zero-order valence-electron chi connectivity index (χ0n) is 10.9. The van der Waals surface area contributed by atoms with Gasteiger partial charge in [0.1, 0.15) is 0 Å². The summed E-state index contributed by atoms with van der Waals surface area (Å²) in [5, 5.41) is 5.07. The highest BCUT2D eigenvalue weighted by molar-refractivity contribution is 6.35. The smallest absolute Gasteiger partial charge is 0.309 e. The van der Waals surface area contributed by atoms with Gasteiger partial charge in [0.05, 0.1) is 0 Å². The second kappa shape index (κ2) is 5.60. The molecule has 0 bridgehead atoms. The van der Waals surface area contributed by atoms with Crippen LogP contribution in [0, 0.1) is 0 Å². The van der Waals surface area contributed by atoms with Crippen LogP contribution in [0.15, 0.2) is 18.2 Å². The van der Waals surface area contributed by atoms with Gasteiger partial charge in [-0.15, -0.1) is 0 Å². The van der Waals surface area contributed by atoms with Crippen LogP contribution in [0.4, 0.5) is 0 Å². The number of rotatable bonds is 3. The fraction of sp³-hybridized carbons (Fsp3) is 0.385. The predicted octanol–water partition coefficient (Wildman–Crippen LogP) is 0.556. The molecule has 102 valence electrons. The van der Waals surface area contributed by atoms with Crippen LogP contribution in [-0.4, -0.2) is 24.6 Å². The Hall–Kier alpha value is -2.24. The molecule has 0 atom stereocenters. The van der Waals surface area contributed by atoms with Gasteiger partial charge >= 0.3 is 11.8 Å². The van der Waals surface area contributed by atoms with Gasteiger partial charge in [0.15, 0.2) is 11.5 Å². The van der Waals surface area contributed by atoms with Crippen LogP contribution in [0.3, 0.4) is 0 Å². The normalized spacial score (nSPS) is 12.4. The molecule has 0 unspecified atom stereocenters. The van der Waals surface area contributed by atoms with Gasteiger partial charge in [-0.05, 0) is 31.5 Å². The fourth-order valence-corrected chi connectivity index (χ4v) is 1.64. The van der Waals surface area contributed by atoms with E-state index in [0.717, 1.165) is 5.56 Å². The Morgan fingerprint density at radius 3 is 2.68 bits per heavy atom. The molecule has 2 N–H and O–H groups in total. The molecule has 0 spiro atoms. The molecule has 2 rings (SSSR count). The average molecular weight is 264 g/mol. The van der Waals surface area contributed by atoms with Gasteiger partial charge < -0.3 is 20.1 Å². The summed E-state index contributed by atoms with van der Waals surface area (Å²) in [6, 6.07) is 5.30. The summed E-state index contributed by atoms with van der Waals surface area (Å²) in [7, 11) is 0. The molecule has 6 heteroatoms. The zero-order valence-corrected chi connectivity index (χ0v) is 10.9. The van der Waals surface area contributed by atoms with Gasteiger partial charge in [0.2, 0.25) is 6.79 Å². The first kappa shape index (κ1) is 13.2. The summed E-state index contributed by atoms with van der Waals surface area (Å²) in [4.78, 5) is 22.9. The average Bonchev–Trinajstić information content (AvgIpc) is 2.82. The Bertz CT molecular complexity index is 499. The number of ether oxygens (including phenoxy) is 2. The first-order chi connectivity index (χ1) is 9.06. The van der Waals surface area contributed by atoms with Crippen LogP contribution < -0.4 is 20.1 Å². The number of carbonyl (C=O) groups excluding carboxylic acids is 2. The van der Waals surface area contributed by atoms with Crippen molar-refractivity contribution in [2.24, 2.45) is 0 Å². The van der Waals surface area contributed by atoms with Gasteiger partial charge in [-0.2, -0.15) is 0 Å². The molecule has 0 aromatic heterocycles. The van der Waals surface area contributed by atoms with E-state index in [2.05, 4.69) is 10.6 Å². The van der Waals surface area contributed by atoms with Crippen LogP contribution in [0.2, 0.25) is 0 Å². The van der Waals surface area contributed by atoms with Crippen molar-refractivity contribution in [3.8, 4) is 11.5 Å². The molecule has 1 aliphatic heterocycles. The lowest BCUT2D eigenvalue weighted by Gasteiger charge is -2.09. The van der Waals surface area contributed by atoms with Crippen molar-refractivity contribution in [2.45, 2.75) is 26.4 Å². The third kappa shape index (κ3) is 3.37. The van der Waals surface area contributed by atoms with E-state index in [9.17, 15) is 9.59 Å². The molecule has 2 amide bonds. The van der Waals surface area contributed by atoms with Gasteiger partial charge in [-0.1, -0.05) is 6.07 Å². The number of hydrogen-bond donors (Lipinski definition) is 2. The summed E-state index contributed by atoms with van der Waals surface area (Å²) in [5.41, 5.74) is 0.843. The summed E-state index contributed by atoms with van der Waals surface area (Å²) in [5.74, 6) is 0.0631. The van der Waals surface area contributed by atoms with E-state index in [1.807, 2.05) is 6.07 Å². The van der Waals surface area contributed by atoms with Crippen molar-refractivity contribution < 1.29 is 19.1 Å². The number of amides is 2. The zero-order chi connectivity index (χ0) is 13.8. The van der Waals surface area contributed by atoms with Crippen LogP contribution in [-0.2, 0) is 16.1 Å². The van der Waals surface area contributed by atoms with E-state index < -0.39 is 11.8 Å². The molecule has 0 saturated carbocycles. The van der Waals surface area contributed by atoms with Crippen molar-refractivity contribution in [3.63, 3.8) is 0 Å². The lowest BCUT2D eigenvalue weighted by molar-refractivity contribution is -0.139. The molecule has 19 heavy (non-hydrogen) atoms. The monoisotopic (exact) mass is 264 g/mol. The van der Waals surface area contributed by atoms with Crippen molar-refractivity contribution in [2.75, 3.05) is 6.79 Å². The summed E-state index contributed by atoms with van der Waals surface area (Å²) in [6.07, 6.45) is 0.